The number of thiophene rings is 1. The third kappa shape index (κ3) is 5.26. The molecule has 0 N–H and O–H groups in total. The van der Waals surface area contributed by atoms with E-state index in [4.69, 9.17) is 19.9 Å². The van der Waals surface area contributed by atoms with Crippen LogP contribution in [0.5, 0.6) is 0 Å². The van der Waals surface area contributed by atoms with Gasteiger partial charge in [0.2, 0.25) is 0 Å². The fraction of sp³-hybridized carbons (Fsp3) is 0. The molecule has 0 spiro atoms. The molecule has 0 bridgehead atoms. The van der Waals surface area contributed by atoms with E-state index in [9.17, 15) is 0 Å². The fourth-order valence-electron chi connectivity index (χ4n) is 7.52. The van der Waals surface area contributed by atoms with E-state index in [0.29, 0.717) is 17.5 Å². The Balaban J connectivity index is 1.13. The summed E-state index contributed by atoms with van der Waals surface area (Å²) in [5, 5.41) is 8.20. The standard InChI is InChI=1S/C48H28N4S2/c1-3-13-30(14-4-1)45-50-46(34-23-22-29-12-7-8-17-32(29)24-34)52-47(51-45)35-25-33-18-9-10-19-36(33)38(26-35)37-20-11-21-41-44(37)39-27-43-40(28-42(39)53-41)49-48(54-43)31-15-5-2-6-16-31/h1-28H. The molecule has 3 aromatic heterocycles. The number of rotatable bonds is 5. The summed E-state index contributed by atoms with van der Waals surface area (Å²) in [6.07, 6.45) is 0. The van der Waals surface area contributed by atoms with Crippen LogP contribution in [-0.4, -0.2) is 19.9 Å². The molecule has 0 amide bonds. The van der Waals surface area contributed by atoms with E-state index >= 15 is 0 Å². The van der Waals surface area contributed by atoms with Crippen LogP contribution in [0.4, 0.5) is 0 Å². The molecule has 11 aromatic rings. The van der Waals surface area contributed by atoms with E-state index in [0.717, 1.165) is 49.1 Å². The quantitative estimate of drug-likeness (QED) is 0.177. The molecule has 0 radical (unpaired) electrons. The molecule has 0 fully saturated rings. The molecule has 0 aliphatic carbocycles. The van der Waals surface area contributed by atoms with Gasteiger partial charge in [0.15, 0.2) is 17.5 Å². The molecule has 3 heterocycles. The predicted molar refractivity (Wildman–Crippen MR) is 228 cm³/mol. The second kappa shape index (κ2) is 12.5. The third-order valence-electron chi connectivity index (χ3n) is 10.1. The number of aromatic nitrogens is 4. The van der Waals surface area contributed by atoms with Crippen LogP contribution in [0.25, 0.3) is 108 Å². The van der Waals surface area contributed by atoms with Gasteiger partial charge in [-0.15, -0.1) is 22.7 Å². The van der Waals surface area contributed by atoms with E-state index in [-0.39, 0.29) is 0 Å². The zero-order chi connectivity index (χ0) is 35.6. The molecule has 0 aliphatic rings. The second-order valence-corrected chi connectivity index (χ2v) is 15.6. The normalized spacial score (nSPS) is 11.7. The Morgan fingerprint density at radius 1 is 0.333 bits per heavy atom. The molecule has 4 nitrogen and oxygen atoms in total. The highest BCUT2D eigenvalue weighted by atomic mass is 32.1. The minimum atomic E-state index is 0.640. The van der Waals surface area contributed by atoms with Crippen LogP contribution in [0.1, 0.15) is 0 Å². The van der Waals surface area contributed by atoms with Gasteiger partial charge < -0.3 is 0 Å². The van der Waals surface area contributed by atoms with Gasteiger partial charge in [-0.1, -0.05) is 133 Å². The number of benzene rings is 8. The Bertz CT molecular complexity index is 3220. The van der Waals surface area contributed by atoms with E-state index < -0.39 is 0 Å². The second-order valence-electron chi connectivity index (χ2n) is 13.5. The molecule has 252 valence electrons. The number of fused-ring (bicyclic) bond motifs is 6. The summed E-state index contributed by atoms with van der Waals surface area (Å²) >= 11 is 3.58. The van der Waals surface area contributed by atoms with Crippen LogP contribution >= 0.6 is 22.7 Å². The monoisotopic (exact) mass is 724 g/mol. The van der Waals surface area contributed by atoms with Crippen LogP contribution in [-0.2, 0) is 0 Å². The van der Waals surface area contributed by atoms with Crippen molar-refractivity contribution in [1.29, 1.82) is 0 Å². The molecule has 0 atom stereocenters. The van der Waals surface area contributed by atoms with E-state index in [1.165, 1.54) is 41.2 Å². The zero-order valence-corrected chi connectivity index (χ0v) is 30.4. The molecule has 0 unspecified atom stereocenters. The van der Waals surface area contributed by atoms with Crippen molar-refractivity contribution in [3.8, 4) is 55.9 Å². The Kier molecular flexibility index (Phi) is 7.18. The lowest BCUT2D eigenvalue weighted by molar-refractivity contribution is 1.08. The first-order valence-corrected chi connectivity index (χ1v) is 19.5. The molecular weight excluding hydrogens is 697 g/mol. The zero-order valence-electron chi connectivity index (χ0n) is 28.8. The lowest BCUT2D eigenvalue weighted by atomic mass is 9.92. The Morgan fingerprint density at radius 2 is 1.00 bits per heavy atom. The van der Waals surface area contributed by atoms with Crippen LogP contribution in [0, 0.1) is 0 Å². The smallest absolute Gasteiger partial charge is 0.164 e. The number of nitrogens with zero attached hydrogens (tertiary/aromatic N) is 4. The van der Waals surface area contributed by atoms with Gasteiger partial charge in [0.1, 0.15) is 5.01 Å². The third-order valence-corrected chi connectivity index (χ3v) is 12.3. The molecule has 11 rings (SSSR count). The summed E-state index contributed by atoms with van der Waals surface area (Å²) in [4.78, 5) is 20.4. The number of thiazole rings is 1. The highest BCUT2D eigenvalue weighted by Crippen LogP contribution is 2.45. The Hall–Kier alpha value is -6.60. The molecule has 8 aromatic carbocycles. The van der Waals surface area contributed by atoms with Crippen molar-refractivity contribution in [2.24, 2.45) is 0 Å². The van der Waals surface area contributed by atoms with Gasteiger partial charge >= 0.3 is 0 Å². The largest absolute Gasteiger partial charge is 0.236 e. The first kappa shape index (κ1) is 31.0. The molecular formula is C48H28N4S2. The van der Waals surface area contributed by atoms with Crippen molar-refractivity contribution < 1.29 is 0 Å². The number of hydrogen-bond acceptors (Lipinski definition) is 6. The van der Waals surface area contributed by atoms with Crippen molar-refractivity contribution in [2.45, 2.75) is 0 Å². The van der Waals surface area contributed by atoms with Gasteiger partial charge in [-0.25, -0.2) is 19.9 Å². The summed E-state index contributed by atoms with van der Waals surface area (Å²) in [5.74, 6) is 1.93. The first-order valence-electron chi connectivity index (χ1n) is 17.9. The van der Waals surface area contributed by atoms with Crippen LogP contribution in [0.3, 0.4) is 0 Å². The topological polar surface area (TPSA) is 51.6 Å². The molecule has 0 saturated heterocycles. The van der Waals surface area contributed by atoms with Crippen molar-refractivity contribution >= 4 is 74.6 Å². The van der Waals surface area contributed by atoms with Gasteiger partial charge in [0.05, 0.1) is 10.2 Å². The Morgan fingerprint density at radius 3 is 1.81 bits per heavy atom. The van der Waals surface area contributed by atoms with Gasteiger partial charge in [-0.2, -0.15) is 0 Å². The van der Waals surface area contributed by atoms with Gasteiger partial charge in [-0.05, 0) is 69.1 Å². The number of hydrogen-bond donors (Lipinski definition) is 0. The predicted octanol–water partition coefficient (Wildman–Crippen LogP) is 13.5. The van der Waals surface area contributed by atoms with Crippen LogP contribution < -0.4 is 0 Å². The Labute approximate surface area is 318 Å². The summed E-state index contributed by atoms with van der Waals surface area (Å²) < 4.78 is 3.68. The fourth-order valence-corrected chi connectivity index (χ4v) is 9.66. The van der Waals surface area contributed by atoms with E-state index in [1.54, 1.807) is 11.3 Å². The molecule has 6 heteroatoms. The van der Waals surface area contributed by atoms with Gasteiger partial charge in [-0.3, -0.25) is 0 Å². The summed E-state index contributed by atoms with van der Waals surface area (Å²) in [6, 6.07) is 59.8. The first-order chi connectivity index (χ1) is 26.7. The maximum absolute atomic E-state index is 5.19. The van der Waals surface area contributed by atoms with Crippen molar-refractivity contribution in [2.75, 3.05) is 0 Å². The minimum absolute atomic E-state index is 0.640. The summed E-state index contributed by atoms with van der Waals surface area (Å²) in [7, 11) is 0. The average Bonchev–Trinajstić information content (AvgIpc) is 3.83. The minimum Gasteiger partial charge on any atom is -0.236 e. The lowest BCUT2D eigenvalue weighted by Crippen LogP contribution is -2.00. The highest BCUT2D eigenvalue weighted by Gasteiger charge is 2.19. The highest BCUT2D eigenvalue weighted by molar-refractivity contribution is 7.26. The van der Waals surface area contributed by atoms with Gasteiger partial charge in [0, 0.05) is 42.4 Å². The SMILES string of the molecule is c1ccc(-c2nc(-c3ccc4ccccc4c3)nc(-c3cc(-c4cccc5sc6cc7nc(-c8ccccc8)sc7cc6c45)c4ccccc4c3)n2)cc1. The molecule has 54 heavy (non-hydrogen) atoms. The molecule has 0 aliphatic heterocycles. The van der Waals surface area contributed by atoms with E-state index in [2.05, 4.69) is 146 Å². The van der Waals surface area contributed by atoms with Crippen molar-refractivity contribution in [1.82, 2.24) is 19.9 Å². The van der Waals surface area contributed by atoms with Crippen molar-refractivity contribution in [3.05, 3.63) is 170 Å². The maximum Gasteiger partial charge on any atom is 0.164 e. The van der Waals surface area contributed by atoms with Crippen LogP contribution in [0.15, 0.2) is 170 Å². The van der Waals surface area contributed by atoms with Gasteiger partial charge in [0.25, 0.3) is 0 Å². The van der Waals surface area contributed by atoms with Crippen molar-refractivity contribution in [3.63, 3.8) is 0 Å². The van der Waals surface area contributed by atoms with Crippen LogP contribution in [0.2, 0.25) is 0 Å². The summed E-state index contributed by atoms with van der Waals surface area (Å²) in [6.45, 7) is 0. The molecule has 0 saturated carbocycles. The maximum atomic E-state index is 5.19. The lowest BCUT2D eigenvalue weighted by Gasteiger charge is -2.13. The average molecular weight is 725 g/mol. The van der Waals surface area contributed by atoms with E-state index in [1.807, 2.05) is 35.6 Å². The summed E-state index contributed by atoms with van der Waals surface area (Å²) in [5.41, 5.74) is 7.37.